The molecular weight excluding hydrogens is 336 g/mol. The maximum Gasteiger partial charge on any atom is 0.214 e. The van der Waals surface area contributed by atoms with E-state index in [9.17, 15) is 0 Å². The van der Waals surface area contributed by atoms with E-state index in [0.717, 1.165) is 45.0 Å². The molecule has 6 heteroatoms. The zero-order valence-electron chi connectivity index (χ0n) is 17.2. The van der Waals surface area contributed by atoms with Gasteiger partial charge < -0.3 is 9.80 Å². The number of tetrazole rings is 1. The molecule has 2 heterocycles. The second-order valence-corrected chi connectivity index (χ2v) is 8.36. The molecule has 1 atom stereocenters. The van der Waals surface area contributed by atoms with Crippen molar-refractivity contribution in [1.29, 1.82) is 0 Å². The van der Waals surface area contributed by atoms with E-state index >= 15 is 0 Å². The first kappa shape index (κ1) is 19.7. The summed E-state index contributed by atoms with van der Waals surface area (Å²) in [4.78, 5) is 3.17. The van der Waals surface area contributed by atoms with Crippen LogP contribution in [0.25, 0.3) is 0 Å². The summed E-state index contributed by atoms with van der Waals surface area (Å²) in [6, 6.07) is 9.04. The summed E-state index contributed by atoms with van der Waals surface area (Å²) in [6.45, 7) is 18.2. The number of aryl methyl sites for hydroxylation is 1. The summed E-state index contributed by atoms with van der Waals surface area (Å²) < 4.78 is 2.05. The van der Waals surface area contributed by atoms with Gasteiger partial charge in [0.25, 0.3) is 0 Å². The molecule has 0 amide bonds. The van der Waals surface area contributed by atoms with Gasteiger partial charge in [0.15, 0.2) is 6.04 Å². The zero-order chi connectivity index (χ0) is 19.4. The normalized spacial score (nSPS) is 21.8. The lowest BCUT2D eigenvalue weighted by Gasteiger charge is -2.35. The molecule has 3 rings (SSSR count). The van der Waals surface area contributed by atoms with Crippen LogP contribution in [-0.4, -0.2) is 52.9 Å². The maximum atomic E-state index is 4.52. The minimum atomic E-state index is -0.100. The van der Waals surface area contributed by atoms with E-state index < -0.39 is 0 Å². The number of benzene rings is 1. The summed E-state index contributed by atoms with van der Waals surface area (Å²) in [6.07, 6.45) is 3.01. The average molecular weight is 371 g/mol. The van der Waals surface area contributed by atoms with Gasteiger partial charge >= 0.3 is 0 Å². The molecule has 2 N–H and O–H groups in total. The van der Waals surface area contributed by atoms with E-state index in [1.807, 2.05) is 10.8 Å². The molecule has 0 radical (unpaired) electrons. The number of rotatable bonds is 7. The summed E-state index contributed by atoms with van der Waals surface area (Å²) in [5.41, 5.74) is 2.48. The number of hydrogen-bond acceptors (Lipinski definition) is 3. The van der Waals surface area contributed by atoms with E-state index in [-0.39, 0.29) is 11.6 Å². The lowest BCUT2D eigenvalue weighted by atomic mass is 9.98. The van der Waals surface area contributed by atoms with Gasteiger partial charge in [-0.05, 0) is 43.7 Å². The molecule has 1 saturated heterocycles. The molecule has 6 nitrogen and oxygen atoms in total. The monoisotopic (exact) mass is 370 g/mol. The number of nitrogens with one attached hydrogen (secondary N) is 2. The van der Waals surface area contributed by atoms with Gasteiger partial charge in [0, 0.05) is 5.56 Å². The third-order valence-electron chi connectivity index (χ3n) is 6.04. The van der Waals surface area contributed by atoms with Crippen LogP contribution in [0.15, 0.2) is 36.9 Å². The van der Waals surface area contributed by atoms with Gasteiger partial charge in [0.2, 0.25) is 5.82 Å². The Morgan fingerprint density at radius 2 is 1.85 bits per heavy atom. The van der Waals surface area contributed by atoms with Crippen molar-refractivity contribution in [3.05, 3.63) is 53.9 Å². The predicted molar refractivity (Wildman–Crippen MR) is 107 cm³/mol. The van der Waals surface area contributed by atoms with Crippen LogP contribution in [0.1, 0.15) is 50.2 Å². The second kappa shape index (κ2) is 8.31. The predicted octanol–water partition coefficient (Wildman–Crippen LogP) is 0.185. The molecule has 146 valence electrons. The topological polar surface area (TPSA) is 52.5 Å². The van der Waals surface area contributed by atoms with Crippen LogP contribution in [0, 0.1) is 6.92 Å². The van der Waals surface area contributed by atoms with Crippen molar-refractivity contribution in [3.63, 3.8) is 0 Å². The molecular formula is C21H34N6+2. The molecule has 2 aromatic rings. The molecule has 0 saturated carbocycles. The number of nitrogens with zero attached hydrogens (tertiary/aromatic N) is 4. The van der Waals surface area contributed by atoms with Crippen LogP contribution in [-0.2, 0) is 5.54 Å². The fraction of sp³-hybridized carbons (Fsp3) is 0.571. The van der Waals surface area contributed by atoms with Crippen molar-refractivity contribution < 1.29 is 9.80 Å². The van der Waals surface area contributed by atoms with Crippen molar-refractivity contribution in [2.75, 3.05) is 32.7 Å². The first-order valence-corrected chi connectivity index (χ1v) is 10.1. The number of aromatic nitrogens is 4. The van der Waals surface area contributed by atoms with Gasteiger partial charge in [-0.3, -0.25) is 0 Å². The van der Waals surface area contributed by atoms with Gasteiger partial charge in [0.05, 0.1) is 12.1 Å². The molecule has 1 fully saturated rings. The average Bonchev–Trinajstić information content (AvgIpc) is 3.15. The van der Waals surface area contributed by atoms with Crippen LogP contribution in [0.2, 0.25) is 0 Å². The third-order valence-corrected chi connectivity index (χ3v) is 6.04. The Hall–Kier alpha value is -2.05. The van der Waals surface area contributed by atoms with E-state index in [4.69, 9.17) is 0 Å². The molecule has 0 spiro atoms. The number of piperazine rings is 1. The fourth-order valence-electron chi connectivity index (χ4n) is 3.90. The summed E-state index contributed by atoms with van der Waals surface area (Å²) >= 11 is 0. The SMILES string of the molecule is C=CC[NH+]1CC[NH+]([C@H](c2ccc(C)cc2)c2nnnn2C(C)(C)CC)CC1. The third kappa shape index (κ3) is 4.28. The van der Waals surface area contributed by atoms with Crippen LogP contribution in [0.4, 0.5) is 0 Å². The highest BCUT2D eigenvalue weighted by molar-refractivity contribution is 5.26. The molecule has 0 aliphatic carbocycles. The first-order chi connectivity index (χ1) is 13.0. The Labute approximate surface area is 162 Å². The Balaban J connectivity index is 1.96. The minimum absolute atomic E-state index is 0.100. The highest BCUT2D eigenvalue weighted by Crippen LogP contribution is 2.24. The Morgan fingerprint density at radius 3 is 2.44 bits per heavy atom. The van der Waals surface area contributed by atoms with Gasteiger partial charge in [-0.15, -0.1) is 5.10 Å². The van der Waals surface area contributed by atoms with E-state index in [1.54, 1.807) is 9.80 Å². The zero-order valence-corrected chi connectivity index (χ0v) is 17.2. The van der Waals surface area contributed by atoms with Gasteiger partial charge in [0.1, 0.15) is 26.2 Å². The van der Waals surface area contributed by atoms with Crippen LogP contribution in [0.5, 0.6) is 0 Å². The summed E-state index contributed by atoms with van der Waals surface area (Å²) in [5, 5.41) is 13.0. The summed E-state index contributed by atoms with van der Waals surface area (Å²) in [7, 11) is 0. The van der Waals surface area contributed by atoms with Gasteiger partial charge in [-0.25, -0.2) is 4.68 Å². The lowest BCUT2D eigenvalue weighted by molar-refractivity contribution is -1.02. The second-order valence-electron chi connectivity index (χ2n) is 8.36. The standard InChI is InChI=1S/C21H32N6/c1-6-12-25-13-15-26(16-14-25)19(18-10-8-17(3)9-11-18)20-22-23-24-27(20)21(4,5)7-2/h6,8-11,19H,1,7,12-16H2,2-5H3/p+2/t19-/m1/s1. The maximum absolute atomic E-state index is 4.52. The quantitative estimate of drug-likeness (QED) is 0.684. The van der Waals surface area contributed by atoms with Crippen molar-refractivity contribution in [2.45, 2.75) is 45.7 Å². The Bertz CT molecular complexity index is 740. The molecule has 1 aromatic heterocycles. The smallest absolute Gasteiger partial charge is 0.214 e. The molecule has 0 bridgehead atoms. The first-order valence-electron chi connectivity index (χ1n) is 10.1. The Kier molecular flexibility index (Phi) is 6.07. The largest absolute Gasteiger partial charge is 0.322 e. The molecule has 1 aromatic carbocycles. The molecule has 0 unspecified atom stereocenters. The lowest BCUT2D eigenvalue weighted by Crippen LogP contribution is -3.28. The van der Waals surface area contributed by atoms with E-state index in [1.165, 1.54) is 11.1 Å². The number of quaternary nitrogens is 2. The molecule has 27 heavy (non-hydrogen) atoms. The van der Waals surface area contributed by atoms with Crippen LogP contribution >= 0.6 is 0 Å². The highest BCUT2D eigenvalue weighted by atomic mass is 15.6. The molecule has 1 aliphatic rings. The van der Waals surface area contributed by atoms with Crippen LogP contribution in [0.3, 0.4) is 0 Å². The van der Waals surface area contributed by atoms with Crippen molar-refractivity contribution in [3.8, 4) is 0 Å². The minimum Gasteiger partial charge on any atom is -0.322 e. The summed E-state index contributed by atoms with van der Waals surface area (Å²) in [5.74, 6) is 0.980. The fourth-order valence-corrected chi connectivity index (χ4v) is 3.90. The van der Waals surface area contributed by atoms with E-state index in [0.29, 0.717) is 0 Å². The van der Waals surface area contributed by atoms with Crippen LogP contribution < -0.4 is 9.80 Å². The van der Waals surface area contributed by atoms with E-state index in [2.05, 4.69) is 74.1 Å². The van der Waals surface area contributed by atoms with Gasteiger partial charge in [-0.1, -0.05) is 43.3 Å². The Morgan fingerprint density at radius 1 is 1.19 bits per heavy atom. The molecule has 1 aliphatic heterocycles. The van der Waals surface area contributed by atoms with Crippen molar-refractivity contribution >= 4 is 0 Å². The number of hydrogen-bond donors (Lipinski definition) is 2. The van der Waals surface area contributed by atoms with Crippen molar-refractivity contribution in [2.24, 2.45) is 0 Å². The highest BCUT2D eigenvalue weighted by Gasteiger charge is 2.37. The van der Waals surface area contributed by atoms with Crippen molar-refractivity contribution in [1.82, 2.24) is 20.2 Å². The van der Waals surface area contributed by atoms with Gasteiger partial charge in [-0.2, -0.15) is 0 Å².